The number of methoxy groups -OCH3 is 1. The van der Waals surface area contributed by atoms with E-state index in [-0.39, 0.29) is 5.25 Å². The van der Waals surface area contributed by atoms with Gasteiger partial charge in [-0.3, -0.25) is 4.21 Å². The second-order valence-electron chi connectivity index (χ2n) is 4.87. The maximum absolute atomic E-state index is 12.4. The molecule has 0 amide bonds. The Morgan fingerprint density at radius 1 is 1.26 bits per heavy atom. The number of hydrogen-bond donors (Lipinski definition) is 1. The summed E-state index contributed by atoms with van der Waals surface area (Å²) in [5, 5.41) is 3.58. The van der Waals surface area contributed by atoms with Gasteiger partial charge in [0.15, 0.2) is 0 Å². The predicted molar refractivity (Wildman–Crippen MR) is 81.2 cm³/mol. The van der Waals surface area contributed by atoms with Crippen molar-refractivity contribution in [3.63, 3.8) is 0 Å². The maximum Gasteiger partial charge on any atom is 0.118 e. The molecule has 0 aliphatic rings. The molecule has 0 radical (unpaired) electrons. The molecule has 3 unspecified atom stereocenters. The van der Waals surface area contributed by atoms with Crippen LogP contribution >= 0.6 is 0 Å². The summed E-state index contributed by atoms with van der Waals surface area (Å²) in [5.74, 6) is 0.798. The average molecular weight is 283 g/mol. The Kier molecular flexibility index (Phi) is 7.10. The van der Waals surface area contributed by atoms with E-state index in [1.54, 1.807) is 7.11 Å². The van der Waals surface area contributed by atoms with Crippen LogP contribution in [0.15, 0.2) is 29.2 Å². The summed E-state index contributed by atoms with van der Waals surface area (Å²) in [6.07, 6.45) is 2.04. The van der Waals surface area contributed by atoms with E-state index < -0.39 is 10.8 Å². The van der Waals surface area contributed by atoms with E-state index in [1.165, 1.54) is 0 Å². The van der Waals surface area contributed by atoms with Gasteiger partial charge in [0.2, 0.25) is 0 Å². The van der Waals surface area contributed by atoms with Crippen LogP contribution in [0.3, 0.4) is 0 Å². The van der Waals surface area contributed by atoms with Crippen molar-refractivity contribution in [2.45, 2.75) is 49.8 Å². The first-order valence-electron chi connectivity index (χ1n) is 6.86. The van der Waals surface area contributed by atoms with Crippen molar-refractivity contribution in [3.8, 4) is 5.75 Å². The van der Waals surface area contributed by atoms with E-state index in [2.05, 4.69) is 19.2 Å². The van der Waals surface area contributed by atoms with Crippen LogP contribution in [-0.2, 0) is 10.8 Å². The molecule has 0 spiro atoms. The lowest BCUT2D eigenvalue weighted by Crippen LogP contribution is -2.31. The van der Waals surface area contributed by atoms with E-state index in [4.69, 9.17) is 4.74 Å². The van der Waals surface area contributed by atoms with Crippen molar-refractivity contribution in [3.05, 3.63) is 24.3 Å². The predicted octanol–water partition coefficient (Wildman–Crippen LogP) is 2.97. The normalized spacial score (nSPS) is 15.8. The van der Waals surface area contributed by atoms with Gasteiger partial charge in [0.25, 0.3) is 0 Å². The quantitative estimate of drug-likeness (QED) is 0.797. The molecule has 0 aromatic heterocycles. The summed E-state index contributed by atoms with van der Waals surface area (Å²) in [7, 11) is 0.675. The molecule has 4 heteroatoms. The summed E-state index contributed by atoms with van der Waals surface area (Å²) >= 11 is 0. The SMILES string of the molecule is CCCNC(C)CC(C)S(=O)c1ccc(OC)cc1. The number of nitrogens with one attached hydrogen (secondary N) is 1. The Morgan fingerprint density at radius 2 is 1.89 bits per heavy atom. The van der Waals surface area contributed by atoms with Crippen molar-refractivity contribution < 1.29 is 8.95 Å². The molecule has 1 aromatic carbocycles. The third-order valence-corrected chi connectivity index (χ3v) is 4.75. The van der Waals surface area contributed by atoms with Crippen LogP contribution in [0.1, 0.15) is 33.6 Å². The molecule has 3 atom stereocenters. The van der Waals surface area contributed by atoms with Crippen LogP contribution in [0.4, 0.5) is 0 Å². The fourth-order valence-electron chi connectivity index (χ4n) is 2.00. The van der Waals surface area contributed by atoms with Gasteiger partial charge in [-0.1, -0.05) is 13.8 Å². The number of hydrogen-bond acceptors (Lipinski definition) is 3. The molecule has 0 aliphatic heterocycles. The first kappa shape index (κ1) is 16.2. The summed E-state index contributed by atoms with van der Waals surface area (Å²) in [6.45, 7) is 7.36. The fraction of sp³-hybridized carbons (Fsp3) is 0.600. The van der Waals surface area contributed by atoms with Crippen LogP contribution < -0.4 is 10.1 Å². The Balaban J connectivity index is 2.55. The smallest absolute Gasteiger partial charge is 0.118 e. The minimum absolute atomic E-state index is 0.146. The summed E-state index contributed by atoms with van der Waals surface area (Å²) < 4.78 is 17.5. The molecule has 0 saturated carbocycles. The molecule has 19 heavy (non-hydrogen) atoms. The Bertz CT molecular complexity index is 392. The highest BCUT2D eigenvalue weighted by Gasteiger charge is 2.16. The molecule has 1 N–H and O–H groups in total. The molecule has 0 fully saturated rings. The van der Waals surface area contributed by atoms with Gasteiger partial charge in [0.1, 0.15) is 5.75 Å². The molecular weight excluding hydrogens is 258 g/mol. The lowest BCUT2D eigenvalue weighted by Gasteiger charge is -2.18. The van der Waals surface area contributed by atoms with Gasteiger partial charge in [-0.05, 0) is 50.6 Å². The number of rotatable bonds is 8. The van der Waals surface area contributed by atoms with E-state index in [1.807, 2.05) is 31.2 Å². The van der Waals surface area contributed by atoms with Crippen molar-refractivity contribution in [2.24, 2.45) is 0 Å². The third-order valence-electron chi connectivity index (χ3n) is 3.09. The standard InChI is InChI=1S/C15H25NO2S/c1-5-10-16-12(2)11-13(3)19(17)15-8-6-14(18-4)7-9-15/h6-9,12-13,16H,5,10-11H2,1-4H3. The Labute approximate surface area is 119 Å². The highest BCUT2D eigenvalue weighted by molar-refractivity contribution is 7.85. The molecule has 108 valence electrons. The fourth-order valence-corrected chi connectivity index (χ4v) is 3.33. The van der Waals surface area contributed by atoms with Gasteiger partial charge in [-0.2, -0.15) is 0 Å². The Morgan fingerprint density at radius 3 is 2.42 bits per heavy atom. The molecule has 0 heterocycles. The van der Waals surface area contributed by atoms with Gasteiger partial charge in [0, 0.05) is 16.2 Å². The van der Waals surface area contributed by atoms with Gasteiger partial charge < -0.3 is 10.1 Å². The zero-order valence-electron chi connectivity index (χ0n) is 12.3. The second kappa shape index (κ2) is 8.33. The zero-order chi connectivity index (χ0) is 14.3. The summed E-state index contributed by atoms with van der Waals surface area (Å²) in [5.41, 5.74) is 0. The second-order valence-corrected chi connectivity index (χ2v) is 6.75. The van der Waals surface area contributed by atoms with Gasteiger partial charge >= 0.3 is 0 Å². The van der Waals surface area contributed by atoms with Crippen LogP contribution in [0.2, 0.25) is 0 Å². The van der Waals surface area contributed by atoms with Crippen LogP contribution in [0.25, 0.3) is 0 Å². The largest absolute Gasteiger partial charge is 0.497 e. The van der Waals surface area contributed by atoms with Crippen molar-refractivity contribution in [1.82, 2.24) is 5.32 Å². The summed E-state index contributed by atoms with van der Waals surface area (Å²) in [4.78, 5) is 0.871. The van der Waals surface area contributed by atoms with Crippen LogP contribution in [0, 0.1) is 0 Å². The molecule has 0 bridgehead atoms. The van der Waals surface area contributed by atoms with Crippen molar-refractivity contribution in [1.29, 1.82) is 0 Å². The minimum atomic E-state index is -0.960. The first-order valence-corrected chi connectivity index (χ1v) is 8.07. The average Bonchev–Trinajstić information content (AvgIpc) is 2.44. The van der Waals surface area contributed by atoms with E-state index >= 15 is 0 Å². The molecule has 1 rings (SSSR count). The number of benzene rings is 1. The zero-order valence-corrected chi connectivity index (χ0v) is 13.1. The van der Waals surface area contributed by atoms with Crippen molar-refractivity contribution in [2.75, 3.05) is 13.7 Å². The molecule has 3 nitrogen and oxygen atoms in total. The van der Waals surface area contributed by atoms with E-state index in [0.717, 1.165) is 30.0 Å². The highest BCUT2D eigenvalue weighted by atomic mass is 32.2. The van der Waals surface area contributed by atoms with Crippen LogP contribution in [0.5, 0.6) is 5.75 Å². The van der Waals surface area contributed by atoms with Gasteiger partial charge in [-0.25, -0.2) is 0 Å². The molecule has 1 aromatic rings. The lowest BCUT2D eigenvalue weighted by molar-refractivity contribution is 0.414. The van der Waals surface area contributed by atoms with E-state index in [9.17, 15) is 4.21 Å². The topological polar surface area (TPSA) is 38.3 Å². The van der Waals surface area contributed by atoms with E-state index in [0.29, 0.717) is 6.04 Å². The van der Waals surface area contributed by atoms with Gasteiger partial charge in [-0.15, -0.1) is 0 Å². The maximum atomic E-state index is 12.4. The van der Waals surface area contributed by atoms with Crippen LogP contribution in [-0.4, -0.2) is 29.2 Å². The Hall–Kier alpha value is -0.870. The highest BCUT2D eigenvalue weighted by Crippen LogP contribution is 2.18. The number of ether oxygens (including phenoxy) is 1. The minimum Gasteiger partial charge on any atom is -0.497 e. The van der Waals surface area contributed by atoms with Gasteiger partial charge in [0.05, 0.1) is 17.9 Å². The third kappa shape index (κ3) is 5.33. The molecular formula is C15H25NO2S. The molecule has 0 aliphatic carbocycles. The van der Waals surface area contributed by atoms with Crippen molar-refractivity contribution >= 4 is 10.8 Å². The first-order chi connectivity index (χ1) is 9.08. The summed E-state index contributed by atoms with van der Waals surface area (Å²) in [6, 6.07) is 7.89. The lowest BCUT2D eigenvalue weighted by atomic mass is 10.2. The molecule has 0 saturated heterocycles. The monoisotopic (exact) mass is 283 g/mol.